The van der Waals surface area contributed by atoms with Gasteiger partial charge in [0, 0.05) is 13.0 Å². The summed E-state index contributed by atoms with van der Waals surface area (Å²) in [6.07, 6.45) is 1.13. The first-order valence-electron chi connectivity index (χ1n) is 7.62. The fourth-order valence-electron chi connectivity index (χ4n) is 2.62. The molecule has 0 N–H and O–H groups in total. The van der Waals surface area contributed by atoms with Gasteiger partial charge < -0.3 is 4.42 Å². The van der Waals surface area contributed by atoms with Crippen LogP contribution in [0.2, 0.25) is 0 Å². The Morgan fingerprint density at radius 1 is 1.22 bits per heavy atom. The lowest BCUT2D eigenvalue weighted by Gasteiger charge is -2.16. The summed E-state index contributed by atoms with van der Waals surface area (Å²) in [5.74, 6) is 2.17. The molecule has 124 valence electrons. The molecule has 0 aliphatic heterocycles. The van der Waals surface area contributed by atoms with Crippen molar-refractivity contribution in [1.82, 2.24) is 4.31 Å². The largest absolute Gasteiger partial charge is 0.464 e. The van der Waals surface area contributed by atoms with Crippen molar-refractivity contribution in [3.8, 4) is 0 Å². The number of furan rings is 1. The van der Waals surface area contributed by atoms with Gasteiger partial charge in [0.15, 0.2) is 0 Å². The van der Waals surface area contributed by atoms with Gasteiger partial charge in [-0.1, -0.05) is 19.1 Å². The highest BCUT2D eigenvalue weighted by molar-refractivity contribution is 7.88. The van der Waals surface area contributed by atoms with Gasteiger partial charge in [0.25, 0.3) is 0 Å². The van der Waals surface area contributed by atoms with Crippen molar-refractivity contribution < 1.29 is 17.2 Å². The Bertz CT molecular complexity index is 782. The molecule has 3 rings (SSSR count). The van der Waals surface area contributed by atoms with Crippen LogP contribution in [0, 0.1) is 11.7 Å². The summed E-state index contributed by atoms with van der Waals surface area (Å²) in [7, 11) is -1.95. The Hall–Kier alpha value is -1.66. The molecule has 0 saturated heterocycles. The van der Waals surface area contributed by atoms with Gasteiger partial charge in [0.2, 0.25) is 10.0 Å². The normalized spacial score (nSPS) is 20.9. The summed E-state index contributed by atoms with van der Waals surface area (Å²) in [4.78, 5) is 0. The lowest BCUT2D eigenvalue weighted by Crippen LogP contribution is -2.27. The number of hydrogen-bond acceptors (Lipinski definition) is 3. The number of nitrogens with zero attached hydrogens (tertiary/aromatic N) is 1. The Morgan fingerprint density at radius 3 is 2.48 bits per heavy atom. The van der Waals surface area contributed by atoms with Crippen LogP contribution in [0.15, 0.2) is 40.8 Å². The number of hydrogen-bond donors (Lipinski definition) is 0. The Labute approximate surface area is 136 Å². The van der Waals surface area contributed by atoms with Gasteiger partial charge in [-0.25, -0.2) is 12.8 Å². The van der Waals surface area contributed by atoms with E-state index in [1.165, 1.54) is 35.6 Å². The third-order valence-electron chi connectivity index (χ3n) is 4.27. The van der Waals surface area contributed by atoms with E-state index in [-0.39, 0.29) is 18.1 Å². The van der Waals surface area contributed by atoms with Crippen molar-refractivity contribution in [1.29, 1.82) is 0 Å². The van der Waals surface area contributed by atoms with E-state index in [9.17, 15) is 12.8 Å². The molecule has 1 saturated carbocycles. The average molecular weight is 337 g/mol. The van der Waals surface area contributed by atoms with Crippen LogP contribution in [-0.4, -0.2) is 19.8 Å². The van der Waals surface area contributed by atoms with Crippen molar-refractivity contribution in [2.75, 3.05) is 7.05 Å². The molecule has 1 fully saturated rings. The van der Waals surface area contributed by atoms with Crippen LogP contribution in [0.4, 0.5) is 4.39 Å². The minimum atomic E-state index is -3.48. The zero-order valence-electron chi connectivity index (χ0n) is 13.2. The number of rotatable bonds is 6. The van der Waals surface area contributed by atoms with Crippen molar-refractivity contribution >= 4 is 10.0 Å². The maximum absolute atomic E-state index is 12.9. The van der Waals surface area contributed by atoms with Crippen LogP contribution >= 0.6 is 0 Å². The van der Waals surface area contributed by atoms with Gasteiger partial charge in [0.1, 0.15) is 17.3 Å². The predicted molar refractivity (Wildman–Crippen MR) is 85.7 cm³/mol. The molecule has 0 spiro atoms. The first-order chi connectivity index (χ1) is 10.8. The summed E-state index contributed by atoms with van der Waals surface area (Å²) < 4.78 is 44.7. The van der Waals surface area contributed by atoms with E-state index in [1.807, 2.05) is 12.1 Å². The molecular formula is C17H20FNO3S. The van der Waals surface area contributed by atoms with Crippen LogP contribution in [-0.2, 0) is 22.3 Å². The second-order valence-corrected chi connectivity index (χ2v) is 8.34. The minimum Gasteiger partial charge on any atom is -0.464 e. The molecule has 1 aromatic heterocycles. The molecule has 0 unspecified atom stereocenters. The Balaban J connectivity index is 1.65. The van der Waals surface area contributed by atoms with Crippen molar-refractivity contribution in [2.45, 2.75) is 31.6 Å². The van der Waals surface area contributed by atoms with Crippen LogP contribution in [0.1, 0.15) is 36.3 Å². The Kier molecular flexibility index (Phi) is 4.29. The third kappa shape index (κ3) is 3.82. The topological polar surface area (TPSA) is 50.5 Å². The SMILES string of the molecule is C[C@@H]1C[C@H]1c1ccc(CN(C)S(=O)(=O)Cc2ccc(F)cc2)o1. The van der Waals surface area contributed by atoms with Gasteiger partial charge in [-0.3, -0.25) is 0 Å². The molecule has 2 atom stereocenters. The fraction of sp³-hybridized carbons (Fsp3) is 0.412. The monoisotopic (exact) mass is 337 g/mol. The van der Waals surface area contributed by atoms with Gasteiger partial charge >= 0.3 is 0 Å². The van der Waals surface area contributed by atoms with E-state index in [0.29, 0.717) is 23.2 Å². The summed E-state index contributed by atoms with van der Waals surface area (Å²) in [6.45, 7) is 2.37. The number of benzene rings is 1. The van der Waals surface area contributed by atoms with Crippen molar-refractivity contribution in [3.05, 3.63) is 59.3 Å². The molecule has 4 nitrogen and oxygen atoms in total. The molecule has 1 aliphatic carbocycles. The fourth-order valence-corrected chi connectivity index (χ4v) is 3.77. The number of halogens is 1. The molecule has 23 heavy (non-hydrogen) atoms. The lowest BCUT2D eigenvalue weighted by atomic mass is 10.2. The zero-order valence-corrected chi connectivity index (χ0v) is 14.0. The highest BCUT2D eigenvalue weighted by Crippen LogP contribution is 2.47. The minimum absolute atomic E-state index is 0.156. The maximum Gasteiger partial charge on any atom is 0.218 e. The van der Waals surface area contributed by atoms with Gasteiger partial charge in [-0.05, 0) is 42.2 Å². The first kappa shape index (κ1) is 16.2. The van der Waals surface area contributed by atoms with Crippen LogP contribution < -0.4 is 0 Å². The molecule has 1 aliphatic rings. The smallest absolute Gasteiger partial charge is 0.218 e. The summed E-state index contributed by atoms with van der Waals surface area (Å²) in [6, 6.07) is 9.27. The molecule has 0 radical (unpaired) electrons. The van der Waals surface area contributed by atoms with Crippen LogP contribution in [0.25, 0.3) is 0 Å². The van der Waals surface area contributed by atoms with E-state index in [0.717, 1.165) is 12.2 Å². The zero-order chi connectivity index (χ0) is 16.6. The predicted octanol–water partition coefficient (Wildman–Crippen LogP) is 3.50. The molecular weight excluding hydrogens is 317 g/mol. The molecule has 1 heterocycles. The highest BCUT2D eigenvalue weighted by atomic mass is 32.2. The molecule has 6 heteroatoms. The van der Waals surface area contributed by atoms with E-state index in [4.69, 9.17) is 4.42 Å². The summed E-state index contributed by atoms with van der Waals surface area (Å²) in [5, 5.41) is 0. The summed E-state index contributed by atoms with van der Waals surface area (Å²) in [5.41, 5.74) is 0.560. The summed E-state index contributed by atoms with van der Waals surface area (Å²) >= 11 is 0. The quantitative estimate of drug-likeness (QED) is 0.810. The van der Waals surface area contributed by atoms with Gasteiger partial charge in [-0.2, -0.15) is 4.31 Å². The van der Waals surface area contributed by atoms with Crippen molar-refractivity contribution in [2.24, 2.45) is 5.92 Å². The second kappa shape index (κ2) is 6.09. The van der Waals surface area contributed by atoms with E-state index < -0.39 is 10.0 Å². The average Bonchev–Trinajstić information content (AvgIpc) is 3.04. The van der Waals surface area contributed by atoms with Crippen molar-refractivity contribution in [3.63, 3.8) is 0 Å². The molecule has 0 amide bonds. The molecule has 0 bridgehead atoms. The van der Waals surface area contributed by atoms with Crippen LogP contribution in [0.3, 0.4) is 0 Å². The standard InChI is InChI=1S/C17H20FNO3S/c1-12-9-16(12)17-8-7-15(22-17)10-19(2)23(20,21)11-13-3-5-14(18)6-4-13/h3-8,12,16H,9-11H2,1-2H3/t12-,16-/m1/s1. The molecule has 2 aromatic rings. The Morgan fingerprint density at radius 2 is 1.87 bits per heavy atom. The highest BCUT2D eigenvalue weighted by Gasteiger charge is 2.36. The molecule has 1 aromatic carbocycles. The first-order valence-corrected chi connectivity index (χ1v) is 9.23. The van der Waals surface area contributed by atoms with Gasteiger partial charge in [-0.15, -0.1) is 0 Å². The van der Waals surface area contributed by atoms with E-state index in [1.54, 1.807) is 0 Å². The van der Waals surface area contributed by atoms with E-state index >= 15 is 0 Å². The lowest BCUT2D eigenvalue weighted by molar-refractivity contribution is 0.389. The maximum atomic E-state index is 12.9. The third-order valence-corrected chi connectivity index (χ3v) is 6.05. The van der Waals surface area contributed by atoms with Crippen LogP contribution in [0.5, 0.6) is 0 Å². The van der Waals surface area contributed by atoms with E-state index in [2.05, 4.69) is 6.92 Å². The second-order valence-electron chi connectivity index (χ2n) is 6.26. The number of sulfonamides is 1. The van der Waals surface area contributed by atoms with Gasteiger partial charge in [0.05, 0.1) is 12.3 Å².